The zero-order valence-corrected chi connectivity index (χ0v) is 12.6. The molecule has 1 unspecified atom stereocenters. The summed E-state index contributed by atoms with van der Waals surface area (Å²) in [4.78, 5) is 14.1. The van der Waals surface area contributed by atoms with Crippen LogP contribution in [0.25, 0.3) is 0 Å². The van der Waals surface area contributed by atoms with Crippen LogP contribution in [0, 0.1) is 5.92 Å². The highest BCUT2D eigenvalue weighted by atomic mass is 35.5. The maximum atomic E-state index is 12.0. The average molecular weight is 274 g/mol. The molecule has 0 aliphatic carbocycles. The normalized spacial score (nSPS) is 21.1. The number of rotatable bonds is 8. The largest absolute Gasteiger partial charge is 0.343 e. The van der Waals surface area contributed by atoms with Crippen molar-refractivity contribution in [1.82, 2.24) is 4.90 Å². The van der Waals surface area contributed by atoms with Gasteiger partial charge in [-0.15, -0.1) is 11.6 Å². The van der Waals surface area contributed by atoms with Crippen molar-refractivity contribution in [2.75, 3.05) is 19.0 Å². The summed E-state index contributed by atoms with van der Waals surface area (Å²) in [5, 5.41) is 0. The van der Waals surface area contributed by atoms with Gasteiger partial charge in [0.25, 0.3) is 0 Å². The molecule has 1 saturated heterocycles. The third-order valence-electron chi connectivity index (χ3n) is 3.94. The van der Waals surface area contributed by atoms with Gasteiger partial charge < -0.3 is 4.90 Å². The molecule has 1 aliphatic rings. The molecule has 0 aromatic rings. The lowest BCUT2D eigenvalue weighted by Gasteiger charge is -2.20. The molecule has 0 N–H and O–H groups in total. The lowest BCUT2D eigenvalue weighted by atomic mass is 9.96. The fourth-order valence-corrected chi connectivity index (χ4v) is 2.97. The van der Waals surface area contributed by atoms with Crippen LogP contribution in [-0.4, -0.2) is 29.8 Å². The van der Waals surface area contributed by atoms with Gasteiger partial charge in [-0.1, -0.05) is 32.6 Å². The summed E-state index contributed by atoms with van der Waals surface area (Å²) < 4.78 is 0. The number of halogens is 1. The van der Waals surface area contributed by atoms with Crippen molar-refractivity contribution < 1.29 is 4.79 Å². The SMILES string of the molecule is CCCC1CCC(=O)N(CCCCCCCl)CC1. The molecule has 1 fully saturated rings. The number of carbonyl (C=O) groups is 1. The van der Waals surface area contributed by atoms with E-state index in [4.69, 9.17) is 11.6 Å². The molecule has 1 rings (SSSR count). The van der Waals surface area contributed by atoms with Crippen LogP contribution < -0.4 is 0 Å². The molecule has 3 heteroatoms. The molecular weight excluding hydrogens is 246 g/mol. The van der Waals surface area contributed by atoms with Crippen LogP contribution in [0.3, 0.4) is 0 Å². The Labute approximate surface area is 117 Å². The van der Waals surface area contributed by atoms with E-state index in [2.05, 4.69) is 11.8 Å². The Kier molecular flexibility index (Phi) is 8.49. The Morgan fingerprint density at radius 1 is 1.22 bits per heavy atom. The van der Waals surface area contributed by atoms with Crippen molar-refractivity contribution in [2.45, 2.75) is 64.7 Å². The number of nitrogens with zero attached hydrogens (tertiary/aromatic N) is 1. The average Bonchev–Trinajstić information content (AvgIpc) is 2.54. The van der Waals surface area contributed by atoms with E-state index in [1.807, 2.05) is 0 Å². The summed E-state index contributed by atoms with van der Waals surface area (Å²) in [6, 6.07) is 0. The van der Waals surface area contributed by atoms with Crippen molar-refractivity contribution in [1.29, 1.82) is 0 Å². The van der Waals surface area contributed by atoms with Gasteiger partial charge in [0.2, 0.25) is 5.91 Å². The van der Waals surface area contributed by atoms with Crippen LogP contribution in [0.4, 0.5) is 0 Å². The summed E-state index contributed by atoms with van der Waals surface area (Å²) in [6.45, 7) is 4.18. The predicted molar refractivity (Wildman–Crippen MR) is 78.0 cm³/mol. The number of hydrogen-bond donors (Lipinski definition) is 0. The van der Waals surface area contributed by atoms with E-state index in [-0.39, 0.29) is 0 Å². The lowest BCUT2D eigenvalue weighted by molar-refractivity contribution is -0.130. The van der Waals surface area contributed by atoms with Gasteiger partial charge in [-0.05, 0) is 31.6 Å². The van der Waals surface area contributed by atoms with Gasteiger partial charge in [0, 0.05) is 25.4 Å². The molecule has 1 amide bonds. The molecule has 18 heavy (non-hydrogen) atoms. The van der Waals surface area contributed by atoms with Crippen LogP contribution >= 0.6 is 11.6 Å². The molecule has 2 nitrogen and oxygen atoms in total. The Hall–Kier alpha value is -0.240. The van der Waals surface area contributed by atoms with E-state index in [9.17, 15) is 4.79 Å². The minimum Gasteiger partial charge on any atom is -0.343 e. The number of likely N-dealkylation sites (tertiary alicyclic amines) is 1. The van der Waals surface area contributed by atoms with Gasteiger partial charge >= 0.3 is 0 Å². The Balaban J connectivity index is 2.21. The third kappa shape index (κ3) is 6.08. The van der Waals surface area contributed by atoms with Crippen molar-refractivity contribution in [3.05, 3.63) is 0 Å². The number of amides is 1. The Morgan fingerprint density at radius 3 is 2.72 bits per heavy atom. The molecular formula is C15H28ClNO. The first-order valence-corrected chi connectivity index (χ1v) is 8.15. The van der Waals surface area contributed by atoms with Crippen molar-refractivity contribution in [3.63, 3.8) is 0 Å². The van der Waals surface area contributed by atoms with Crippen molar-refractivity contribution in [3.8, 4) is 0 Å². The molecule has 106 valence electrons. The predicted octanol–water partition coefficient (Wildman–Crippen LogP) is 4.21. The summed E-state index contributed by atoms with van der Waals surface area (Å²) in [7, 11) is 0. The van der Waals surface area contributed by atoms with E-state index in [1.165, 1.54) is 32.1 Å². The van der Waals surface area contributed by atoms with Gasteiger partial charge in [-0.2, -0.15) is 0 Å². The maximum Gasteiger partial charge on any atom is 0.222 e. The minimum absolute atomic E-state index is 0.381. The Bertz CT molecular complexity index is 233. The van der Waals surface area contributed by atoms with Crippen LogP contribution in [0.15, 0.2) is 0 Å². The molecule has 1 atom stereocenters. The number of unbranched alkanes of at least 4 members (excludes halogenated alkanes) is 3. The Morgan fingerprint density at radius 2 is 2.00 bits per heavy atom. The summed E-state index contributed by atoms with van der Waals surface area (Å²) in [5.74, 6) is 1.92. The molecule has 0 saturated carbocycles. The van der Waals surface area contributed by atoms with Crippen LogP contribution in [0.1, 0.15) is 64.7 Å². The zero-order chi connectivity index (χ0) is 13.2. The first-order valence-electron chi connectivity index (χ1n) is 7.61. The smallest absolute Gasteiger partial charge is 0.222 e. The van der Waals surface area contributed by atoms with Crippen molar-refractivity contribution >= 4 is 17.5 Å². The van der Waals surface area contributed by atoms with Gasteiger partial charge in [0.1, 0.15) is 0 Å². The standard InChI is InChI=1S/C15H28ClNO/c1-2-7-14-8-9-15(18)17(13-10-14)12-6-4-3-5-11-16/h14H,2-13H2,1H3. The van der Waals surface area contributed by atoms with E-state index >= 15 is 0 Å². The number of hydrogen-bond acceptors (Lipinski definition) is 1. The highest BCUT2D eigenvalue weighted by Gasteiger charge is 2.21. The van der Waals surface area contributed by atoms with E-state index in [0.717, 1.165) is 50.6 Å². The highest BCUT2D eigenvalue weighted by Crippen LogP contribution is 2.22. The number of alkyl halides is 1. The maximum absolute atomic E-state index is 12.0. The molecule has 0 radical (unpaired) electrons. The summed E-state index contributed by atoms with van der Waals surface area (Å²) in [5.41, 5.74) is 0. The fraction of sp³-hybridized carbons (Fsp3) is 0.933. The summed E-state index contributed by atoms with van der Waals surface area (Å²) in [6.07, 6.45) is 10.3. The molecule has 0 aromatic carbocycles. The van der Waals surface area contributed by atoms with Crippen LogP contribution in [-0.2, 0) is 4.79 Å². The second kappa shape index (κ2) is 9.66. The molecule has 1 aliphatic heterocycles. The van der Waals surface area contributed by atoms with Gasteiger partial charge in [0.05, 0.1) is 0 Å². The van der Waals surface area contributed by atoms with E-state index < -0.39 is 0 Å². The quantitative estimate of drug-likeness (QED) is 0.479. The zero-order valence-electron chi connectivity index (χ0n) is 11.8. The number of carbonyl (C=O) groups excluding carboxylic acids is 1. The highest BCUT2D eigenvalue weighted by molar-refractivity contribution is 6.17. The molecule has 0 aromatic heterocycles. The van der Waals surface area contributed by atoms with E-state index in [0.29, 0.717) is 5.91 Å². The first kappa shape index (κ1) is 15.8. The first-order chi connectivity index (χ1) is 8.77. The van der Waals surface area contributed by atoms with Crippen LogP contribution in [0.2, 0.25) is 0 Å². The third-order valence-corrected chi connectivity index (χ3v) is 4.20. The summed E-state index contributed by atoms with van der Waals surface area (Å²) >= 11 is 5.66. The van der Waals surface area contributed by atoms with Crippen LogP contribution in [0.5, 0.6) is 0 Å². The molecule has 0 bridgehead atoms. The lowest BCUT2D eigenvalue weighted by Crippen LogP contribution is -2.31. The van der Waals surface area contributed by atoms with E-state index in [1.54, 1.807) is 0 Å². The van der Waals surface area contributed by atoms with Gasteiger partial charge in [-0.3, -0.25) is 4.79 Å². The second-order valence-corrected chi connectivity index (χ2v) is 5.84. The second-order valence-electron chi connectivity index (χ2n) is 5.47. The van der Waals surface area contributed by atoms with Gasteiger partial charge in [0.15, 0.2) is 0 Å². The topological polar surface area (TPSA) is 20.3 Å². The van der Waals surface area contributed by atoms with Gasteiger partial charge in [-0.25, -0.2) is 0 Å². The minimum atomic E-state index is 0.381. The fourth-order valence-electron chi connectivity index (χ4n) is 2.78. The monoisotopic (exact) mass is 273 g/mol. The molecule has 0 spiro atoms. The molecule has 1 heterocycles. The van der Waals surface area contributed by atoms with Crippen molar-refractivity contribution in [2.24, 2.45) is 5.92 Å².